The molecule has 0 amide bonds. The monoisotopic (exact) mass is 480 g/mol. The lowest BCUT2D eigenvalue weighted by Gasteiger charge is -2.43. The van der Waals surface area contributed by atoms with Gasteiger partial charge in [-0.1, -0.05) is 121 Å². The zero-order valence-electron chi connectivity index (χ0n) is 20.5. The second-order valence-corrected chi connectivity index (χ2v) is 11.0. The van der Waals surface area contributed by atoms with Crippen LogP contribution in [0.3, 0.4) is 0 Å². The Bertz CT molecular complexity index is 1290. The van der Waals surface area contributed by atoms with E-state index in [1.54, 1.807) is 0 Å². The first-order valence-electron chi connectivity index (χ1n) is 13.4. The minimum atomic E-state index is -0.474. The molecular formula is C33H28N4. The van der Waals surface area contributed by atoms with Crippen LogP contribution in [0.5, 0.6) is 0 Å². The molecule has 37 heavy (non-hydrogen) atoms. The van der Waals surface area contributed by atoms with Gasteiger partial charge in [0, 0.05) is 11.8 Å². The molecule has 0 N–H and O–H groups in total. The number of azo groups is 2. The van der Waals surface area contributed by atoms with Crippen molar-refractivity contribution in [3.05, 3.63) is 144 Å². The molecule has 4 heteroatoms. The predicted octanol–water partition coefficient (Wildman–Crippen LogP) is 7.42. The highest BCUT2D eigenvalue weighted by molar-refractivity contribution is 5.47. The van der Waals surface area contributed by atoms with E-state index in [9.17, 15) is 0 Å². The van der Waals surface area contributed by atoms with Gasteiger partial charge < -0.3 is 0 Å². The first-order chi connectivity index (χ1) is 18.3. The van der Waals surface area contributed by atoms with Crippen molar-refractivity contribution in [1.29, 1.82) is 0 Å². The van der Waals surface area contributed by atoms with Crippen LogP contribution in [0, 0.1) is 23.7 Å². The lowest BCUT2D eigenvalue weighted by molar-refractivity contribution is 0.147. The van der Waals surface area contributed by atoms with E-state index >= 15 is 0 Å². The Morgan fingerprint density at radius 3 is 1.03 bits per heavy atom. The summed E-state index contributed by atoms with van der Waals surface area (Å²) in [6.07, 6.45) is 1.13. The van der Waals surface area contributed by atoms with Crippen molar-refractivity contribution in [2.45, 2.75) is 29.6 Å². The summed E-state index contributed by atoms with van der Waals surface area (Å²) < 4.78 is 0. The molecule has 2 saturated carbocycles. The highest BCUT2D eigenvalue weighted by Crippen LogP contribution is 2.70. The molecule has 0 unspecified atom stereocenters. The van der Waals surface area contributed by atoms with Crippen molar-refractivity contribution < 1.29 is 0 Å². The van der Waals surface area contributed by atoms with E-state index in [1.807, 2.05) is 0 Å². The molecule has 4 aromatic rings. The van der Waals surface area contributed by atoms with E-state index in [-0.39, 0.29) is 23.9 Å². The van der Waals surface area contributed by atoms with Gasteiger partial charge in [0.25, 0.3) is 0 Å². The number of benzene rings is 4. The summed E-state index contributed by atoms with van der Waals surface area (Å²) in [5.41, 5.74) is 3.97. The Hall–Kier alpha value is -3.92. The van der Waals surface area contributed by atoms with Crippen molar-refractivity contribution in [3.63, 3.8) is 0 Å². The van der Waals surface area contributed by atoms with E-state index < -0.39 is 11.1 Å². The number of hydrogen-bond donors (Lipinski definition) is 0. The summed E-state index contributed by atoms with van der Waals surface area (Å²) in [4.78, 5) is 0. The molecule has 2 aliphatic heterocycles. The number of fused-ring (bicyclic) bond motifs is 8. The van der Waals surface area contributed by atoms with Crippen LogP contribution < -0.4 is 0 Å². The standard InChI is InChI=1S/C33H28N4/c1-5-13-22(14-6-1)32(23-15-7-2-8-16-23)28-26-21-27(30(28)34-36-32)29-31(26)35-37-33(29,24-17-9-3-10-18-24)25-19-11-4-12-20-25/h1-20,26-31H,21H2/t26-,27+,28-,29-,30-,31+/m1/s1. The van der Waals surface area contributed by atoms with Crippen molar-refractivity contribution in [2.24, 2.45) is 44.1 Å². The molecule has 0 spiro atoms. The van der Waals surface area contributed by atoms with Gasteiger partial charge in [0.2, 0.25) is 0 Å². The molecule has 2 aliphatic carbocycles. The molecule has 2 bridgehead atoms. The molecule has 180 valence electrons. The van der Waals surface area contributed by atoms with Gasteiger partial charge in [0.05, 0.1) is 12.1 Å². The fourth-order valence-corrected chi connectivity index (χ4v) is 8.33. The predicted molar refractivity (Wildman–Crippen MR) is 143 cm³/mol. The van der Waals surface area contributed by atoms with Crippen LogP contribution in [0.25, 0.3) is 0 Å². The van der Waals surface area contributed by atoms with E-state index in [4.69, 9.17) is 20.5 Å². The van der Waals surface area contributed by atoms with Crippen LogP contribution in [0.15, 0.2) is 142 Å². The molecule has 8 rings (SSSR count). The summed E-state index contributed by atoms with van der Waals surface area (Å²) in [7, 11) is 0. The topological polar surface area (TPSA) is 49.4 Å². The molecule has 2 heterocycles. The third-order valence-electron chi connectivity index (χ3n) is 9.60. The Morgan fingerprint density at radius 1 is 0.432 bits per heavy atom. The lowest BCUT2D eigenvalue weighted by Crippen LogP contribution is -2.50. The van der Waals surface area contributed by atoms with Gasteiger partial charge in [0.1, 0.15) is 11.1 Å². The SMILES string of the molecule is c1ccc(C2(c3ccccc3)N=N[C@@H]3[C@H]4C[C@@H]([C@@H]5N=NC(c6ccccc6)(c6ccccc6)[C@H]45)[C@H]32)cc1. The highest BCUT2D eigenvalue weighted by atomic mass is 15.3. The molecule has 4 nitrogen and oxygen atoms in total. The van der Waals surface area contributed by atoms with E-state index in [0.29, 0.717) is 11.8 Å². The number of rotatable bonds is 4. The average molecular weight is 481 g/mol. The maximum atomic E-state index is 5.21. The summed E-state index contributed by atoms with van der Waals surface area (Å²) in [5, 5.41) is 20.7. The van der Waals surface area contributed by atoms with Crippen LogP contribution >= 0.6 is 0 Å². The smallest absolute Gasteiger partial charge is 0.137 e. The molecule has 4 aliphatic rings. The maximum absolute atomic E-state index is 5.21. The molecule has 0 saturated heterocycles. The van der Waals surface area contributed by atoms with Gasteiger partial charge in [0.15, 0.2) is 0 Å². The largest absolute Gasteiger partial charge is 0.189 e. The summed E-state index contributed by atoms with van der Waals surface area (Å²) in [5.74, 6) is 1.33. The quantitative estimate of drug-likeness (QED) is 0.292. The molecular weight excluding hydrogens is 452 g/mol. The number of nitrogens with zero attached hydrogens (tertiary/aromatic N) is 4. The van der Waals surface area contributed by atoms with Crippen molar-refractivity contribution in [2.75, 3.05) is 0 Å². The Labute approximate surface area is 217 Å². The van der Waals surface area contributed by atoms with Crippen LogP contribution in [0.4, 0.5) is 0 Å². The third-order valence-corrected chi connectivity index (χ3v) is 9.60. The lowest BCUT2D eigenvalue weighted by atomic mass is 9.59. The molecule has 0 radical (unpaired) electrons. The maximum Gasteiger partial charge on any atom is 0.137 e. The zero-order chi connectivity index (χ0) is 24.5. The minimum absolute atomic E-state index is 0.168. The average Bonchev–Trinajstić information content (AvgIpc) is 3.74. The van der Waals surface area contributed by atoms with Crippen LogP contribution in [-0.4, -0.2) is 12.1 Å². The first-order valence-corrected chi connectivity index (χ1v) is 13.4. The van der Waals surface area contributed by atoms with E-state index in [0.717, 1.165) is 6.42 Å². The number of hydrogen-bond acceptors (Lipinski definition) is 4. The van der Waals surface area contributed by atoms with Crippen LogP contribution in [-0.2, 0) is 11.1 Å². The van der Waals surface area contributed by atoms with Crippen LogP contribution in [0.1, 0.15) is 28.7 Å². The van der Waals surface area contributed by atoms with Gasteiger partial charge in [-0.2, -0.15) is 20.5 Å². The fraction of sp³-hybridized carbons (Fsp3) is 0.273. The summed E-state index contributed by atoms with van der Waals surface area (Å²) in [6.45, 7) is 0. The van der Waals surface area contributed by atoms with Crippen molar-refractivity contribution in [1.82, 2.24) is 0 Å². The van der Waals surface area contributed by atoms with Gasteiger partial charge in [-0.15, -0.1) is 0 Å². The van der Waals surface area contributed by atoms with Gasteiger partial charge >= 0.3 is 0 Å². The molecule has 0 aromatic heterocycles. The summed E-state index contributed by atoms with van der Waals surface area (Å²) >= 11 is 0. The van der Waals surface area contributed by atoms with Crippen molar-refractivity contribution in [3.8, 4) is 0 Å². The molecule has 6 atom stereocenters. The second-order valence-electron chi connectivity index (χ2n) is 11.0. The minimum Gasteiger partial charge on any atom is -0.189 e. The first kappa shape index (κ1) is 21.2. The van der Waals surface area contributed by atoms with E-state index in [2.05, 4.69) is 121 Å². The van der Waals surface area contributed by atoms with Crippen molar-refractivity contribution >= 4 is 0 Å². The van der Waals surface area contributed by atoms with Gasteiger partial charge in [-0.3, -0.25) is 0 Å². The third kappa shape index (κ3) is 2.68. The Morgan fingerprint density at radius 2 is 0.730 bits per heavy atom. The van der Waals surface area contributed by atoms with Gasteiger partial charge in [-0.25, -0.2) is 0 Å². The summed E-state index contributed by atoms with van der Waals surface area (Å²) in [6, 6.07) is 43.5. The normalized spacial score (nSPS) is 31.4. The Kier molecular flexibility index (Phi) is 4.46. The van der Waals surface area contributed by atoms with Gasteiger partial charge in [-0.05, 0) is 40.5 Å². The molecule has 2 fully saturated rings. The highest BCUT2D eigenvalue weighted by Gasteiger charge is 2.72. The fourth-order valence-electron chi connectivity index (χ4n) is 8.33. The Balaban J connectivity index is 1.29. The zero-order valence-corrected chi connectivity index (χ0v) is 20.5. The second kappa shape index (κ2) is 7.79. The van der Waals surface area contributed by atoms with Crippen LogP contribution in [0.2, 0.25) is 0 Å². The molecule has 4 aromatic carbocycles. The van der Waals surface area contributed by atoms with E-state index in [1.165, 1.54) is 22.3 Å².